The quantitative estimate of drug-likeness (QED) is 0.577. The molecule has 0 saturated carbocycles. The number of likely N-dealkylation sites (tertiary alicyclic amines) is 1. The summed E-state index contributed by atoms with van der Waals surface area (Å²) < 4.78 is 2.98. The van der Waals surface area contributed by atoms with Gasteiger partial charge in [0.05, 0.1) is 12.1 Å². The molecule has 3 aromatic rings. The first kappa shape index (κ1) is 20.9. The SMILES string of the molecule is Cc1nc2nc(C)c(CCC(=O)N3C[C@@H](O)[C@H](n4cc(C)c(=O)[nH]c4=O)C3)c(C)n2n1. The molecule has 1 saturated heterocycles. The molecule has 1 amide bonds. The average Bonchev–Trinajstić information content (AvgIpc) is 3.26. The van der Waals surface area contributed by atoms with Gasteiger partial charge in [-0.1, -0.05) is 0 Å². The van der Waals surface area contributed by atoms with Gasteiger partial charge in [-0.2, -0.15) is 10.1 Å². The molecule has 1 aliphatic rings. The predicted molar refractivity (Wildman–Crippen MR) is 111 cm³/mol. The topological polar surface area (TPSA) is 138 Å². The Morgan fingerprint density at radius 1 is 1.19 bits per heavy atom. The summed E-state index contributed by atoms with van der Waals surface area (Å²) >= 11 is 0. The number of hydrogen-bond acceptors (Lipinski definition) is 7. The lowest BCUT2D eigenvalue weighted by atomic mass is 10.1. The van der Waals surface area contributed by atoms with Gasteiger partial charge < -0.3 is 10.0 Å². The minimum absolute atomic E-state index is 0.121. The van der Waals surface area contributed by atoms with E-state index in [0.717, 1.165) is 17.0 Å². The monoisotopic (exact) mass is 427 g/mol. The van der Waals surface area contributed by atoms with E-state index in [0.29, 0.717) is 23.6 Å². The van der Waals surface area contributed by atoms with E-state index >= 15 is 0 Å². The highest BCUT2D eigenvalue weighted by atomic mass is 16.3. The lowest BCUT2D eigenvalue weighted by Crippen LogP contribution is -2.37. The van der Waals surface area contributed by atoms with Crippen LogP contribution in [0.15, 0.2) is 15.8 Å². The summed E-state index contributed by atoms with van der Waals surface area (Å²) in [6, 6.07) is -0.605. The Hall–Kier alpha value is -3.34. The highest BCUT2D eigenvalue weighted by molar-refractivity contribution is 5.77. The molecule has 0 radical (unpaired) electrons. The number of amides is 1. The number of nitrogens with zero attached hydrogens (tertiary/aromatic N) is 6. The number of nitrogens with one attached hydrogen (secondary N) is 1. The molecule has 4 rings (SSSR count). The van der Waals surface area contributed by atoms with Crippen molar-refractivity contribution in [1.82, 2.24) is 34.0 Å². The van der Waals surface area contributed by atoms with Crippen molar-refractivity contribution in [3.8, 4) is 0 Å². The van der Waals surface area contributed by atoms with E-state index in [-0.39, 0.29) is 25.4 Å². The van der Waals surface area contributed by atoms with Gasteiger partial charge in [0.2, 0.25) is 5.91 Å². The number of aliphatic hydroxyl groups excluding tert-OH is 1. The minimum Gasteiger partial charge on any atom is -0.389 e. The number of aromatic amines is 1. The lowest BCUT2D eigenvalue weighted by molar-refractivity contribution is -0.130. The summed E-state index contributed by atoms with van der Waals surface area (Å²) in [5.74, 6) is 1.05. The molecule has 3 aromatic heterocycles. The Kier molecular flexibility index (Phi) is 5.21. The molecule has 11 nitrogen and oxygen atoms in total. The number of rotatable bonds is 4. The number of β-amino-alcohol motifs (C(OH)–C–C–N with tert-alkyl or cyclic N) is 1. The van der Waals surface area contributed by atoms with Crippen molar-refractivity contribution in [3.63, 3.8) is 0 Å². The van der Waals surface area contributed by atoms with Crippen molar-refractivity contribution in [1.29, 1.82) is 0 Å². The zero-order valence-electron chi connectivity index (χ0n) is 17.9. The van der Waals surface area contributed by atoms with Gasteiger partial charge in [-0.25, -0.2) is 14.3 Å². The van der Waals surface area contributed by atoms with Gasteiger partial charge in [0, 0.05) is 42.7 Å². The predicted octanol–water partition coefficient (Wildman–Crippen LogP) is -0.415. The fraction of sp³-hybridized carbons (Fsp3) is 0.500. The van der Waals surface area contributed by atoms with Gasteiger partial charge in [0.1, 0.15) is 5.82 Å². The van der Waals surface area contributed by atoms with E-state index in [1.165, 1.54) is 10.8 Å². The van der Waals surface area contributed by atoms with Crippen LogP contribution in [0.4, 0.5) is 0 Å². The van der Waals surface area contributed by atoms with Crippen LogP contribution in [-0.4, -0.2) is 64.2 Å². The van der Waals surface area contributed by atoms with Crippen molar-refractivity contribution < 1.29 is 9.90 Å². The summed E-state index contributed by atoms with van der Waals surface area (Å²) in [6.07, 6.45) is 1.25. The van der Waals surface area contributed by atoms with Crippen LogP contribution in [0.3, 0.4) is 0 Å². The molecule has 0 unspecified atom stereocenters. The number of fused-ring (bicyclic) bond motifs is 1. The number of carbonyl (C=O) groups excluding carboxylic acids is 1. The van der Waals surface area contributed by atoms with Gasteiger partial charge in [0.15, 0.2) is 0 Å². The molecule has 0 aliphatic carbocycles. The molecule has 0 aromatic carbocycles. The second-order valence-electron chi connectivity index (χ2n) is 8.04. The molecule has 164 valence electrons. The largest absolute Gasteiger partial charge is 0.389 e. The summed E-state index contributed by atoms with van der Waals surface area (Å²) in [5, 5.41) is 14.8. The van der Waals surface area contributed by atoms with Crippen LogP contribution in [0.25, 0.3) is 5.78 Å². The van der Waals surface area contributed by atoms with Gasteiger partial charge in [-0.3, -0.25) is 19.1 Å². The fourth-order valence-electron chi connectivity index (χ4n) is 4.14. The van der Waals surface area contributed by atoms with E-state index in [1.54, 1.807) is 23.3 Å². The Morgan fingerprint density at radius 2 is 1.94 bits per heavy atom. The van der Waals surface area contributed by atoms with E-state index in [9.17, 15) is 19.5 Å². The molecule has 31 heavy (non-hydrogen) atoms. The molecule has 1 aliphatic heterocycles. The van der Waals surface area contributed by atoms with Crippen LogP contribution in [0.1, 0.15) is 40.8 Å². The average molecular weight is 427 g/mol. The number of aryl methyl sites for hydroxylation is 4. The fourth-order valence-corrected chi connectivity index (χ4v) is 4.14. The van der Waals surface area contributed by atoms with Crippen LogP contribution < -0.4 is 11.2 Å². The second kappa shape index (κ2) is 7.73. The molecule has 1 fully saturated rings. The summed E-state index contributed by atoms with van der Waals surface area (Å²) in [6.45, 7) is 7.53. The Bertz CT molecular complexity index is 1290. The van der Waals surface area contributed by atoms with Crippen molar-refractivity contribution >= 4 is 11.7 Å². The van der Waals surface area contributed by atoms with Crippen LogP contribution in [0, 0.1) is 27.7 Å². The van der Waals surface area contributed by atoms with Crippen molar-refractivity contribution in [2.45, 2.75) is 52.7 Å². The van der Waals surface area contributed by atoms with E-state index in [1.807, 2.05) is 13.8 Å². The molecule has 2 atom stereocenters. The molecular formula is C20H25N7O4. The van der Waals surface area contributed by atoms with Gasteiger partial charge in [-0.05, 0) is 39.7 Å². The molecule has 4 heterocycles. The summed E-state index contributed by atoms with van der Waals surface area (Å²) in [4.78, 5) is 49.2. The van der Waals surface area contributed by atoms with Gasteiger partial charge in [0.25, 0.3) is 11.3 Å². The maximum absolute atomic E-state index is 12.9. The zero-order chi connectivity index (χ0) is 22.4. The molecule has 0 spiro atoms. The number of aliphatic hydroxyl groups is 1. The highest BCUT2D eigenvalue weighted by Gasteiger charge is 2.35. The number of aromatic nitrogens is 6. The minimum atomic E-state index is -0.897. The van der Waals surface area contributed by atoms with E-state index in [2.05, 4.69) is 20.1 Å². The Labute approximate surface area is 177 Å². The van der Waals surface area contributed by atoms with E-state index < -0.39 is 23.4 Å². The first-order valence-electron chi connectivity index (χ1n) is 10.1. The first-order chi connectivity index (χ1) is 14.7. The third-order valence-corrected chi connectivity index (χ3v) is 5.86. The molecule has 0 bridgehead atoms. The smallest absolute Gasteiger partial charge is 0.328 e. The molecule has 11 heteroatoms. The van der Waals surface area contributed by atoms with E-state index in [4.69, 9.17) is 0 Å². The zero-order valence-corrected chi connectivity index (χ0v) is 17.9. The van der Waals surface area contributed by atoms with Crippen molar-refractivity contribution in [2.24, 2.45) is 0 Å². The van der Waals surface area contributed by atoms with Gasteiger partial charge in [-0.15, -0.1) is 0 Å². The third-order valence-electron chi connectivity index (χ3n) is 5.86. The Morgan fingerprint density at radius 3 is 2.68 bits per heavy atom. The van der Waals surface area contributed by atoms with Gasteiger partial charge >= 0.3 is 5.69 Å². The normalized spacial score (nSPS) is 18.8. The maximum atomic E-state index is 12.9. The number of H-pyrrole nitrogens is 1. The highest BCUT2D eigenvalue weighted by Crippen LogP contribution is 2.23. The van der Waals surface area contributed by atoms with Crippen LogP contribution in [-0.2, 0) is 11.2 Å². The maximum Gasteiger partial charge on any atom is 0.328 e. The first-order valence-corrected chi connectivity index (χ1v) is 10.1. The standard InChI is InChI=1S/C20H25N7O4/c1-10-7-26(20(31)23-18(10)30)15-8-25(9-16(15)28)17(29)6-5-14-11(2)21-19-22-13(4)24-27(19)12(14)3/h7,15-16,28H,5-6,8-9H2,1-4H3,(H,23,30,31)/t15-,16-/m1/s1. The van der Waals surface area contributed by atoms with Crippen molar-refractivity contribution in [2.75, 3.05) is 13.1 Å². The second-order valence-corrected chi connectivity index (χ2v) is 8.04. The van der Waals surface area contributed by atoms with Crippen LogP contribution in [0.2, 0.25) is 0 Å². The van der Waals surface area contributed by atoms with Crippen LogP contribution in [0.5, 0.6) is 0 Å². The van der Waals surface area contributed by atoms with Crippen molar-refractivity contribution in [3.05, 3.63) is 55.4 Å². The Balaban J connectivity index is 1.49. The summed E-state index contributed by atoms with van der Waals surface area (Å²) in [7, 11) is 0. The number of carbonyl (C=O) groups is 1. The lowest BCUT2D eigenvalue weighted by Gasteiger charge is -2.18. The molecular weight excluding hydrogens is 402 g/mol. The summed E-state index contributed by atoms with van der Waals surface area (Å²) in [5.41, 5.74) is 1.96. The molecule has 2 N–H and O–H groups in total. The number of hydrogen-bond donors (Lipinski definition) is 2. The van der Waals surface area contributed by atoms with Crippen LogP contribution >= 0.6 is 0 Å². The third kappa shape index (κ3) is 3.76.